The Hall–Kier alpha value is -1.18. The number of nitrogens with two attached hydrogens (primary N) is 1. The Bertz CT molecular complexity index is 377. The summed E-state index contributed by atoms with van der Waals surface area (Å²) >= 11 is 0. The fraction of sp³-hybridized carbons (Fsp3) is 0.750. The van der Waals surface area contributed by atoms with Crippen LogP contribution in [0.4, 0.5) is 4.39 Å². The molecule has 1 unspecified atom stereocenters. The molecule has 0 aromatic heterocycles. The van der Waals surface area contributed by atoms with Gasteiger partial charge in [-0.15, -0.1) is 0 Å². The maximum Gasteiger partial charge on any atom is 0.248 e. The molecule has 0 spiro atoms. The zero-order valence-corrected chi connectivity index (χ0v) is 11.2. The summed E-state index contributed by atoms with van der Waals surface area (Å²) in [6.07, 6.45) is 1.08. The smallest absolute Gasteiger partial charge is 0.248 e. The van der Waals surface area contributed by atoms with Gasteiger partial charge in [-0.3, -0.25) is 4.79 Å². The quantitative estimate of drug-likeness (QED) is 0.745. The van der Waals surface area contributed by atoms with Gasteiger partial charge in [0, 0.05) is 13.2 Å². The average Bonchev–Trinajstić information content (AvgIpc) is 2.76. The van der Waals surface area contributed by atoms with E-state index in [2.05, 4.69) is 0 Å². The highest BCUT2D eigenvalue weighted by molar-refractivity contribution is 5.92. The molecule has 0 saturated carbocycles. The number of hydrogen-bond acceptors (Lipinski definition) is 5. The molecule has 19 heavy (non-hydrogen) atoms. The Labute approximate surface area is 111 Å². The summed E-state index contributed by atoms with van der Waals surface area (Å²) in [5.41, 5.74) is 5.69. The average molecular weight is 273 g/mol. The van der Waals surface area contributed by atoms with Gasteiger partial charge in [0.2, 0.25) is 5.91 Å². The van der Waals surface area contributed by atoms with Crippen molar-refractivity contribution in [2.24, 2.45) is 5.73 Å². The maximum absolute atomic E-state index is 13.0. The Balaban J connectivity index is 2.19. The number of nitrogens with zero attached hydrogens (tertiary/aromatic N) is 2. The van der Waals surface area contributed by atoms with Gasteiger partial charge < -0.3 is 20.1 Å². The number of likely N-dealkylation sites (N-methyl/N-ethyl adjacent to an activating group) is 1. The maximum atomic E-state index is 13.0. The van der Waals surface area contributed by atoms with Crippen LogP contribution < -0.4 is 5.73 Å². The van der Waals surface area contributed by atoms with Crippen LogP contribution in [-0.4, -0.2) is 67.7 Å². The number of ether oxygens (including phenoxy) is 2. The molecule has 2 aliphatic heterocycles. The highest BCUT2D eigenvalue weighted by atomic mass is 19.1. The topological polar surface area (TPSA) is 68.0 Å². The number of carbonyl (C=O) groups excluding carboxylic acids is 1. The molecule has 1 fully saturated rings. The van der Waals surface area contributed by atoms with Crippen LogP contribution in [0.25, 0.3) is 0 Å². The van der Waals surface area contributed by atoms with E-state index in [1.54, 1.807) is 6.20 Å². The second-order valence-electron chi connectivity index (χ2n) is 4.91. The summed E-state index contributed by atoms with van der Waals surface area (Å²) in [5, 5.41) is 0. The molecule has 0 aromatic rings. The lowest BCUT2D eigenvalue weighted by molar-refractivity contribution is -0.117. The Morgan fingerprint density at radius 2 is 2.32 bits per heavy atom. The summed E-state index contributed by atoms with van der Waals surface area (Å²) in [7, 11) is 1.82. The van der Waals surface area contributed by atoms with Crippen molar-refractivity contribution in [1.29, 1.82) is 0 Å². The van der Waals surface area contributed by atoms with Gasteiger partial charge in [-0.1, -0.05) is 0 Å². The van der Waals surface area contributed by atoms with E-state index < -0.39 is 12.6 Å². The molecule has 2 N–H and O–H groups in total. The standard InChI is InChI=1S/C12H20FN3O3/c1-8-16-10(3-13)7-19-11(16)5-15(2)4-9(6-18-8)12(14)17/h4,8,10-11H,3,5-7H2,1-2H3,(H2,14,17)/b9-4+/t8?,10-,11+/m0/s1. The third kappa shape index (κ3) is 3.05. The van der Waals surface area contributed by atoms with Crippen molar-refractivity contribution in [2.75, 3.05) is 33.5 Å². The van der Waals surface area contributed by atoms with Crippen LogP contribution in [-0.2, 0) is 14.3 Å². The van der Waals surface area contributed by atoms with Gasteiger partial charge in [0.15, 0.2) is 0 Å². The van der Waals surface area contributed by atoms with Crippen LogP contribution in [0.15, 0.2) is 11.8 Å². The number of fused-ring (bicyclic) bond motifs is 1. The largest absolute Gasteiger partial charge is 0.376 e. The second kappa shape index (κ2) is 5.85. The first kappa shape index (κ1) is 14.2. The fourth-order valence-electron chi connectivity index (χ4n) is 2.47. The predicted octanol–water partition coefficient (Wildman–Crippen LogP) is -0.340. The van der Waals surface area contributed by atoms with Gasteiger partial charge in [-0.2, -0.15) is 0 Å². The Morgan fingerprint density at radius 1 is 1.58 bits per heavy atom. The molecule has 1 saturated heterocycles. The number of hydrogen-bond donors (Lipinski definition) is 1. The molecule has 2 rings (SSSR count). The number of carbonyl (C=O) groups is 1. The third-order valence-electron chi connectivity index (χ3n) is 3.45. The Morgan fingerprint density at radius 3 is 2.95 bits per heavy atom. The van der Waals surface area contributed by atoms with Crippen molar-refractivity contribution in [2.45, 2.75) is 25.4 Å². The minimum Gasteiger partial charge on any atom is -0.376 e. The van der Waals surface area contributed by atoms with Gasteiger partial charge in [-0.05, 0) is 6.92 Å². The highest BCUT2D eigenvalue weighted by Gasteiger charge is 2.39. The molecule has 7 heteroatoms. The van der Waals surface area contributed by atoms with E-state index in [1.165, 1.54) is 0 Å². The van der Waals surface area contributed by atoms with E-state index in [9.17, 15) is 9.18 Å². The summed E-state index contributed by atoms with van der Waals surface area (Å²) in [4.78, 5) is 15.0. The zero-order chi connectivity index (χ0) is 14.0. The molecule has 108 valence electrons. The van der Waals surface area contributed by atoms with E-state index in [0.717, 1.165) is 0 Å². The molecule has 0 aromatic carbocycles. The number of halogens is 1. The van der Waals surface area contributed by atoms with E-state index in [1.807, 2.05) is 23.8 Å². The normalized spacial score (nSPS) is 35.8. The second-order valence-corrected chi connectivity index (χ2v) is 4.91. The van der Waals surface area contributed by atoms with Crippen LogP contribution in [0.1, 0.15) is 6.92 Å². The van der Waals surface area contributed by atoms with E-state index in [0.29, 0.717) is 18.7 Å². The van der Waals surface area contributed by atoms with Crippen LogP contribution in [0.5, 0.6) is 0 Å². The molecule has 1 amide bonds. The summed E-state index contributed by atoms with van der Waals surface area (Å²) in [6, 6.07) is -0.302. The van der Waals surface area contributed by atoms with Crippen LogP contribution >= 0.6 is 0 Å². The molecule has 6 nitrogen and oxygen atoms in total. The first-order valence-electron chi connectivity index (χ1n) is 6.30. The van der Waals surface area contributed by atoms with Crippen LogP contribution in [0, 0.1) is 0 Å². The van der Waals surface area contributed by atoms with Gasteiger partial charge in [0.05, 0.1) is 31.4 Å². The minimum atomic E-state index is -0.510. The van der Waals surface area contributed by atoms with Crippen molar-refractivity contribution in [3.8, 4) is 0 Å². The first-order valence-corrected chi connectivity index (χ1v) is 6.30. The third-order valence-corrected chi connectivity index (χ3v) is 3.45. The van der Waals surface area contributed by atoms with Gasteiger partial charge in [-0.25, -0.2) is 9.29 Å². The predicted molar refractivity (Wildman–Crippen MR) is 66.7 cm³/mol. The van der Waals surface area contributed by atoms with Gasteiger partial charge >= 0.3 is 0 Å². The number of amides is 1. The summed E-state index contributed by atoms with van der Waals surface area (Å²) in [6.45, 7) is 2.34. The van der Waals surface area contributed by atoms with Crippen molar-refractivity contribution in [1.82, 2.24) is 9.80 Å². The molecule has 2 heterocycles. The summed E-state index contributed by atoms with van der Waals surface area (Å²) in [5.74, 6) is -0.510. The SMILES string of the molecule is CC1OC/C(C(N)=O)=C\N(C)C[C@H]2OC[C@H](CF)N12. The van der Waals surface area contributed by atoms with E-state index in [-0.39, 0.29) is 25.1 Å². The van der Waals surface area contributed by atoms with Gasteiger partial charge in [0.25, 0.3) is 0 Å². The lowest BCUT2D eigenvalue weighted by atomic mass is 10.3. The monoisotopic (exact) mass is 273 g/mol. The molecule has 0 aliphatic carbocycles. The van der Waals surface area contributed by atoms with E-state index >= 15 is 0 Å². The molecule has 0 bridgehead atoms. The minimum absolute atomic E-state index is 0.114. The summed E-state index contributed by atoms with van der Waals surface area (Å²) < 4.78 is 24.2. The van der Waals surface area contributed by atoms with Gasteiger partial charge in [0.1, 0.15) is 19.1 Å². The number of primary amides is 1. The lowest BCUT2D eigenvalue weighted by Gasteiger charge is -2.32. The molecule has 0 radical (unpaired) electrons. The van der Waals surface area contributed by atoms with Crippen molar-refractivity contribution < 1.29 is 18.7 Å². The van der Waals surface area contributed by atoms with Crippen molar-refractivity contribution in [3.63, 3.8) is 0 Å². The first-order chi connectivity index (χ1) is 9.02. The Kier molecular flexibility index (Phi) is 4.38. The van der Waals surface area contributed by atoms with Crippen molar-refractivity contribution in [3.05, 3.63) is 11.8 Å². The van der Waals surface area contributed by atoms with Crippen LogP contribution in [0.2, 0.25) is 0 Å². The molecular formula is C12H20FN3O3. The molecule has 3 atom stereocenters. The number of alkyl halides is 1. The molecular weight excluding hydrogens is 253 g/mol. The lowest BCUT2D eigenvalue weighted by Crippen LogP contribution is -2.48. The van der Waals surface area contributed by atoms with Crippen molar-refractivity contribution >= 4 is 5.91 Å². The number of rotatable bonds is 2. The van der Waals surface area contributed by atoms with Crippen LogP contribution in [0.3, 0.4) is 0 Å². The zero-order valence-electron chi connectivity index (χ0n) is 11.2. The highest BCUT2D eigenvalue weighted by Crippen LogP contribution is 2.23. The molecule has 2 aliphatic rings. The fourth-order valence-corrected chi connectivity index (χ4v) is 2.47. The van der Waals surface area contributed by atoms with E-state index in [4.69, 9.17) is 15.2 Å².